The van der Waals surface area contributed by atoms with Gasteiger partial charge in [-0.15, -0.1) is 0 Å². The zero-order chi connectivity index (χ0) is 27.7. The first-order valence-electron chi connectivity index (χ1n) is 13.2. The van der Waals surface area contributed by atoms with Crippen LogP contribution in [0.5, 0.6) is 5.75 Å². The van der Waals surface area contributed by atoms with Gasteiger partial charge in [0, 0.05) is 24.7 Å². The van der Waals surface area contributed by atoms with E-state index in [0.29, 0.717) is 34.4 Å². The standard InChI is InChI=1S/C29H29N3O4.C2H6/c1-16(2)12-19(32-27(33)21-8-6-7-9-22(21)28(32)34)15-36-25-14-24-23(13-17(25)3)20-10-11-30-18(4)26(20)29(35)31(24)5;1-2/h6-11,13-14,16,19H,12,15H2,1-5H3;1-2H3/t19-;/m0./s1. The number of carbonyl (C=O) groups excluding carboxylic acids is 2. The van der Waals surface area contributed by atoms with Gasteiger partial charge in [0.25, 0.3) is 17.4 Å². The van der Waals surface area contributed by atoms with Gasteiger partial charge in [-0.3, -0.25) is 24.3 Å². The number of aryl methyl sites for hydroxylation is 3. The summed E-state index contributed by atoms with van der Waals surface area (Å²) < 4.78 is 7.89. The molecular weight excluding hydrogens is 478 g/mol. The molecule has 0 N–H and O–H groups in total. The van der Waals surface area contributed by atoms with E-state index in [1.54, 1.807) is 42.1 Å². The molecule has 2 aromatic heterocycles. The Kier molecular flexibility index (Phi) is 7.67. The van der Waals surface area contributed by atoms with Crippen molar-refractivity contribution in [3.05, 3.63) is 81.4 Å². The lowest BCUT2D eigenvalue weighted by atomic mass is 10.0. The fourth-order valence-electron chi connectivity index (χ4n) is 5.18. The van der Waals surface area contributed by atoms with Gasteiger partial charge in [0.1, 0.15) is 12.4 Å². The zero-order valence-corrected chi connectivity index (χ0v) is 23.2. The maximum absolute atomic E-state index is 13.1. The maximum Gasteiger partial charge on any atom is 0.261 e. The molecule has 1 aliphatic rings. The van der Waals surface area contributed by atoms with Crippen LogP contribution in [0, 0.1) is 19.8 Å². The highest BCUT2D eigenvalue weighted by atomic mass is 16.5. The van der Waals surface area contributed by atoms with E-state index in [1.165, 1.54) is 4.90 Å². The highest BCUT2D eigenvalue weighted by Gasteiger charge is 2.40. The van der Waals surface area contributed by atoms with Gasteiger partial charge in [0.2, 0.25) is 0 Å². The number of imide groups is 1. The molecule has 1 atom stereocenters. The molecule has 7 nitrogen and oxygen atoms in total. The Hall–Kier alpha value is -4.00. The third-order valence-corrected chi connectivity index (χ3v) is 6.97. The van der Waals surface area contributed by atoms with Crippen LogP contribution in [0.4, 0.5) is 0 Å². The number of hydrogen-bond acceptors (Lipinski definition) is 5. The second-order valence-electron chi connectivity index (χ2n) is 9.94. The minimum Gasteiger partial charge on any atom is -0.491 e. The van der Waals surface area contributed by atoms with Crippen LogP contribution < -0.4 is 10.3 Å². The van der Waals surface area contributed by atoms with Gasteiger partial charge in [-0.2, -0.15) is 0 Å². The zero-order valence-electron chi connectivity index (χ0n) is 23.2. The molecule has 0 spiro atoms. The molecule has 5 rings (SSSR count). The molecule has 0 aliphatic carbocycles. The number of hydrogen-bond donors (Lipinski definition) is 0. The SMILES string of the molecule is CC.Cc1cc2c3ccnc(C)c3c(=O)n(C)c2cc1OC[C@H](CC(C)C)N1C(=O)c2ccccc2C1=O. The summed E-state index contributed by atoms with van der Waals surface area (Å²) in [6.07, 6.45) is 2.34. The Balaban J connectivity index is 0.00000164. The van der Waals surface area contributed by atoms with Crippen molar-refractivity contribution in [3.63, 3.8) is 0 Å². The Morgan fingerprint density at radius 1 is 0.921 bits per heavy atom. The molecule has 0 saturated carbocycles. The van der Waals surface area contributed by atoms with Crippen LogP contribution in [0.2, 0.25) is 0 Å². The summed E-state index contributed by atoms with van der Waals surface area (Å²) >= 11 is 0. The normalized spacial score (nSPS) is 13.6. The summed E-state index contributed by atoms with van der Waals surface area (Å²) in [4.78, 5) is 45.0. The van der Waals surface area contributed by atoms with Crippen LogP contribution >= 0.6 is 0 Å². The van der Waals surface area contributed by atoms with Crippen molar-refractivity contribution in [1.82, 2.24) is 14.5 Å². The van der Waals surface area contributed by atoms with Gasteiger partial charge in [-0.1, -0.05) is 39.8 Å². The van der Waals surface area contributed by atoms with Crippen LogP contribution in [0.25, 0.3) is 21.7 Å². The largest absolute Gasteiger partial charge is 0.491 e. The third-order valence-electron chi connectivity index (χ3n) is 6.97. The summed E-state index contributed by atoms with van der Waals surface area (Å²) in [7, 11) is 1.75. The summed E-state index contributed by atoms with van der Waals surface area (Å²) in [5, 5.41) is 2.42. The van der Waals surface area contributed by atoms with E-state index in [4.69, 9.17) is 4.74 Å². The fourth-order valence-corrected chi connectivity index (χ4v) is 5.18. The molecule has 0 bridgehead atoms. The molecule has 4 aromatic rings. The molecule has 2 aromatic carbocycles. The van der Waals surface area contributed by atoms with Crippen LogP contribution in [-0.2, 0) is 7.05 Å². The summed E-state index contributed by atoms with van der Waals surface area (Å²) in [5.41, 5.74) is 3.11. The average molecular weight is 514 g/mol. The number of nitrogens with zero attached hydrogens (tertiary/aromatic N) is 3. The number of pyridine rings is 2. The van der Waals surface area contributed by atoms with E-state index < -0.39 is 6.04 Å². The average Bonchev–Trinajstić information content (AvgIpc) is 3.16. The van der Waals surface area contributed by atoms with Gasteiger partial charge in [-0.05, 0) is 61.4 Å². The molecule has 0 saturated heterocycles. The van der Waals surface area contributed by atoms with E-state index in [1.807, 2.05) is 45.9 Å². The van der Waals surface area contributed by atoms with E-state index in [9.17, 15) is 14.4 Å². The lowest BCUT2D eigenvalue weighted by Gasteiger charge is -2.28. The first-order valence-corrected chi connectivity index (χ1v) is 13.2. The highest BCUT2D eigenvalue weighted by molar-refractivity contribution is 6.21. The van der Waals surface area contributed by atoms with Crippen LogP contribution in [0.1, 0.15) is 66.1 Å². The number of ether oxygens (including phenoxy) is 1. The second-order valence-corrected chi connectivity index (χ2v) is 9.94. The quantitative estimate of drug-likeness (QED) is 0.240. The molecule has 0 fully saturated rings. The molecular formula is C31H35N3O4. The van der Waals surface area contributed by atoms with Gasteiger partial charge in [0.15, 0.2) is 0 Å². The second kappa shape index (κ2) is 10.8. The molecule has 1 aliphatic heterocycles. The fraction of sp³-hybridized carbons (Fsp3) is 0.355. The van der Waals surface area contributed by atoms with Crippen LogP contribution in [0.3, 0.4) is 0 Å². The lowest BCUT2D eigenvalue weighted by molar-refractivity contribution is 0.0507. The Morgan fingerprint density at radius 2 is 1.55 bits per heavy atom. The van der Waals surface area contributed by atoms with Gasteiger partial charge < -0.3 is 9.30 Å². The predicted molar refractivity (Wildman–Crippen MR) is 151 cm³/mol. The van der Waals surface area contributed by atoms with Crippen molar-refractivity contribution >= 4 is 33.5 Å². The number of fused-ring (bicyclic) bond motifs is 4. The molecule has 38 heavy (non-hydrogen) atoms. The number of benzene rings is 2. The number of amides is 2. The molecule has 7 heteroatoms. The van der Waals surface area contributed by atoms with Crippen LogP contribution in [0.15, 0.2) is 53.5 Å². The van der Waals surface area contributed by atoms with E-state index in [2.05, 4.69) is 18.8 Å². The van der Waals surface area contributed by atoms with Crippen molar-refractivity contribution in [1.29, 1.82) is 0 Å². The minimum absolute atomic E-state index is 0.110. The molecule has 0 unspecified atom stereocenters. The van der Waals surface area contributed by atoms with Crippen molar-refractivity contribution in [2.24, 2.45) is 13.0 Å². The lowest BCUT2D eigenvalue weighted by Crippen LogP contribution is -2.44. The molecule has 3 heterocycles. The topological polar surface area (TPSA) is 81.5 Å². The van der Waals surface area contributed by atoms with Crippen LogP contribution in [-0.4, -0.2) is 38.9 Å². The Labute approximate surface area is 223 Å². The first kappa shape index (κ1) is 27.0. The van der Waals surface area contributed by atoms with Crippen molar-refractivity contribution in [3.8, 4) is 5.75 Å². The van der Waals surface area contributed by atoms with Crippen molar-refractivity contribution in [2.45, 2.75) is 54.0 Å². The summed E-state index contributed by atoms with van der Waals surface area (Å²) in [6, 6.07) is 12.3. The van der Waals surface area contributed by atoms with Gasteiger partial charge in [-0.25, -0.2) is 0 Å². The maximum atomic E-state index is 13.1. The minimum atomic E-state index is -0.415. The molecule has 198 valence electrons. The summed E-state index contributed by atoms with van der Waals surface area (Å²) in [6.45, 7) is 12.1. The monoisotopic (exact) mass is 513 g/mol. The summed E-state index contributed by atoms with van der Waals surface area (Å²) in [5.74, 6) is 0.313. The number of rotatable bonds is 6. The third kappa shape index (κ3) is 4.57. The predicted octanol–water partition coefficient (Wildman–Crippen LogP) is 5.82. The van der Waals surface area contributed by atoms with E-state index in [0.717, 1.165) is 21.9 Å². The Morgan fingerprint density at radius 3 is 2.16 bits per heavy atom. The first-order chi connectivity index (χ1) is 18.2. The van der Waals surface area contributed by atoms with Crippen molar-refractivity contribution in [2.75, 3.05) is 6.61 Å². The number of aromatic nitrogens is 2. The van der Waals surface area contributed by atoms with Crippen molar-refractivity contribution < 1.29 is 14.3 Å². The van der Waals surface area contributed by atoms with Gasteiger partial charge >= 0.3 is 0 Å². The Bertz CT molecular complexity index is 1570. The van der Waals surface area contributed by atoms with Gasteiger partial charge in [0.05, 0.1) is 33.8 Å². The van der Waals surface area contributed by atoms with E-state index >= 15 is 0 Å². The number of carbonyl (C=O) groups is 2. The van der Waals surface area contributed by atoms with E-state index in [-0.39, 0.29) is 29.9 Å². The smallest absolute Gasteiger partial charge is 0.261 e. The molecule has 0 radical (unpaired) electrons. The molecule has 2 amide bonds. The highest BCUT2D eigenvalue weighted by Crippen LogP contribution is 2.31.